The monoisotopic (exact) mass is 404 g/mol. The number of likely N-dealkylation sites (N-methyl/N-ethyl adjacent to an activating group) is 1. The molecule has 1 atom stereocenters. The van der Waals surface area contributed by atoms with Gasteiger partial charge in [-0.25, -0.2) is 0 Å². The second kappa shape index (κ2) is 9.92. The van der Waals surface area contributed by atoms with Gasteiger partial charge in [-0.05, 0) is 43.4 Å². The van der Waals surface area contributed by atoms with E-state index in [0.717, 1.165) is 21.9 Å². The minimum absolute atomic E-state index is 0.135. The van der Waals surface area contributed by atoms with Crippen LogP contribution >= 0.6 is 0 Å². The van der Waals surface area contributed by atoms with Crippen molar-refractivity contribution in [3.63, 3.8) is 0 Å². The zero-order chi connectivity index (χ0) is 21.5. The van der Waals surface area contributed by atoms with E-state index in [1.807, 2.05) is 80.6 Å². The van der Waals surface area contributed by atoms with Crippen LogP contribution in [0.15, 0.2) is 66.7 Å². The van der Waals surface area contributed by atoms with E-state index in [9.17, 15) is 9.59 Å². The summed E-state index contributed by atoms with van der Waals surface area (Å²) >= 11 is 0. The average molecular weight is 405 g/mol. The largest absolute Gasteiger partial charge is 0.483 e. The topological polar surface area (TPSA) is 58.6 Å². The number of amides is 2. The van der Waals surface area contributed by atoms with Gasteiger partial charge in [0.05, 0.1) is 0 Å². The van der Waals surface area contributed by atoms with Crippen molar-refractivity contribution in [1.29, 1.82) is 0 Å². The summed E-state index contributed by atoms with van der Waals surface area (Å²) in [7, 11) is 0. The van der Waals surface area contributed by atoms with E-state index >= 15 is 0 Å². The minimum atomic E-state index is -0.604. The zero-order valence-corrected chi connectivity index (χ0v) is 17.7. The summed E-state index contributed by atoms with van der Waals surface area (Å²) in [6.07, 6.45) is 0. The summed E-state index contributed by atoms with van der Waals surface area (Å²) in [5.41, 5.74) is 2.08. The lowest BCUT2D eigenvalue weighted by atomic mass is 10.1. The normalized spacial score (nSPS) is 11.7. The van der Waals surface area contributed by atoms with Crippen LogP contribution in [-0.4, -0.2) is 35.9 Å². The predicted molar refractivity (Wildman–Crippen MR) is 119 cm³/mol. The number of nitrogens with zero attached hydrogens (tertiary/aromatic N) is 1. The molecule has 2 amide bonds. The Kier molecular flexibility index (Phi) is 7.07. The molecule has 0 aliphatic carbocycles. The highest BCUT2D eigenvalue weighted by Crippen LogP contribution is 2.25. The fourth-order valence-electron chi connectivity index (χ4n) is 3.42. The molecule has 5 heteroatoms. The maximum absolute atomic E-state index is 13.1. The van der Waals surface area contributed by atoms with Gasteiger partial charge >= 0.3 is 0 Å². The van der Waals surface area contributed by atoms with Crippen molar-refractivity contribution in [2.45, 2.75) is 33.4 Å². The maximum Gasteiger partial charge on any atom is 0.261 e. The number of benzene rings is 3. The molecule has 3 aromatic carbocycles. The molecule has 3 aromatic rings. The first-order valence-corrected chi connectivity index (χ1v) is 10.2. The van der Waals surface area contributed by atoms with E-state index in [2.05, 4.69) is 5.32 Å². The van der Waals surface area contributed by atoms with Gasteiger partial charge in [-0.15, -0.1) is 0 Å². The molecule has 0 radical (unpaired) electrons. The van der Waals surface area contributed by atoms with Crippen LogP contribution in [0.2, 0.25) is 0 Å². The molecule has 0 aliphatic rings. The van der Waals surface area contributed by atoms with Crippen LogP contribution in [0.5, 0.6) is 5.75 Å². The number of rotatable bonds is 8. The Morgan fingerprint density at radius 2 is 1.70 bits per heavy atom. The first-order chi connectivity index (χ1) is 14.5. The number of ether oxygens (including phenoxy) is 1. The number of nitrogens with one attached hydrogen (secondary N) is 1. The van der Waals surface area contributed by atoms with Gasteiger partial charge < -0.3 is 15.0 Å². The standard InChI is InChI=1S/C25H28N2O3/c1-4-26-25(29)19(3)27(16-21-12-6-5-10-18(21)2)24(28)17-30-23-15-9-13-20-11-7-8-14-22(20)23/h5-15,19H,4,16-17H2,1-3H3,(H,26,29)/t19-/m0/s1. The minimum Gasteiger partial charge on any atom is -0.483 e. The Hall–Kier alpha value is -3.34. The molecule has 156 valence electrons. The van der Waals surface area contributed by atoms with E-state index in [0.29, 0.717) is 18.8 Å². The van der Waals surface area contributed by atoms with Crippen LogP contribution < -0.4 is 10.1 Å². The summed E-state index contributed by atoms with van der Waals surface area (Å²) in [6, 6.07) is 20.9. The van der Waals surface area contributed by atoms with Crippen molar-refractivity contribution in [2.75, 3.05) is 13.2 Å². The number of carbonyl (C=O) groups is 2. The smallest absolute Gasteiger partial charge is 0.261 e. The Morgan fingerprint density at radius 1 is 1.00 bits per heavy atom. The second-order valence-electron chi connectivity index (χ2n) is 7.28. The lowest BCUT2D eigenvalue weighted by Gasteiger charge is -2.29. The fraction of sp³-hybridized carbons (Fsp3) is 0.280. The number of carbonyl (C=O) groups excluding carboxylic acids is 2. The number of hydrogen-bond donors (Lipinski definition) is 1. The van der Waals surface area contributed by atoms with Gasteiger partial charge in [-0.2, -0.15) is 0 Å². The highest BCUT2D eigenvalue weighted by molar-refractivity contribution is 5.90. The van der Waals surface area contributed by atoms with Crippen molar-refractivity contribution in [3.8, 4) is 5.75 Å². The van der Waals surface area contributed by atoms with E-state index in [1.54, 1.807) is 11.8 Å². The third-order valence-corrected chi connectivity index (χ3v) is 5.22. The Balaban J connectivity index is 1.80. The lowest BCUT2D eigenvalue weighted by Crippen LogP contribution is -2.49. The van der Waals surface area contributed by atoms with Gasteiger partial charge in [-0.1, -0.05) is 60.7 Å². The summed E-state index contributed by atoms with van der Waals surface area (Å²) in [4.78, 5) is 27.2. The highest BCUT2D eigenvalue weighted by atomic mass is 16.5. The molecule has 0 spiro atoms. The summed E-state index contributed by atoms with van der Waals surface area (Å²) in [6.45, 7) is 6.34. The molecule has 1 N–H and O–H groups in total. The van der Waals surface area contributed by atoms with E-state index in [1.165, 1.54) is 0 Å². The van der Waals surface area contributed by atoms with Crippen LogP contribution in [0.3, 0.4) is 0 Å². The third kappa shape index (κ3) is 4.98. The fourth-order valence-corrected chi connectivity index (χ4v) is 3.42. The summed E-state index contributed by atoms with van der Waals surface area (Å²) < 4.78 is 5.90. The van der Waals surface area contributed by atoms with Gasteiger partial charge in [0.25, 0.3) is 5.91 Å². The number of hydrogen-bond acceptors (Lipinski definition) is 3. The first-order valence-electron chi connectivity index (χ1n) is 10.2. The van der Waals surface area contributed by atoms with Crippen molar-refractivity contribution < 1.29 is 14.3 Å². The van der Waals surface area contributed by atoms with Crippen molar-refractivity contribution >= 4 is 22.6 Å². The summed E-state index contributed by atoms with van der Waals surface area (Å²) in [5.74, 6) is 0.248. The van der Waals surface area contributed by atoms with Crippen LogP contribution in [-0.2, 0) is 16.1 Å². The van der Waals surface area contributed by atoms with Gasteiger partial charge in [0, 0.05) is 18.5 Å². The van der Waals surface area contributed by atoms with Crippen LogP contribution in [0.4, 0.5) is 0 Å². The lowest BCUT2D eigenvalue weighted by molar-refractivity contribution is -0.142. The van der Waals surface area contributed by atoms with E-state index in [4.69, 9.17) is 4.74 Å². The quantitative estimate of drug-likeness (QED) is 0.615. The molecular formula is C25H28N2O3. The van der Waals surface area contributed by atoms with Gasteiger partial charge in [-0.3, -0.25) is 9.59 Å². The van der Waals surface area contributed by atoms with E-state index in [-0.39, 0.29) is 18.4 Å². The molecule has 3 rings (SSSR count). The van der Waals surface area contributed by atoms with Gasteiger partial charge in [0.2, 0.25) is 5.91 Å². The van der Waals surface area contributed by atoms with Gasteiger partial charge in [0.15, 0.2) is 6.61 Å². The molecule has 0 unspecified atom stereocenters. The van der Waals surface area contributed by atoms with Crippen LogP contribution in [0, 0.1) is 6.92 Å². The molecule has 0 fully saturated rings. The number of aryl methyl sites for hydroxylation is 1. The molecule has 0 aliphatic heterocycles. The third-order valence-electron chi connectivity index (χ3n) is 5.22. The highest BCUT2D eigenvalue weighted by Gasteiger charge is 2.26. The average Bonchev–Trinajstić information content (AvgIpc) is 2.76. The Morgan fingerprint density at radius 3 is 2.47 bits per heavy atom. The first kappa shape index (κ1) is 21.4. The molecule has 0 bridgehead atoms. The SMILES string of the molecule is CCNC(=O)[C@H](C)N(Cc1ccccc1C)C(=O)COc1cccc2ccccc12. The molecule has 0 saturated heterocycles. The Labute approximate surface area is 177 Å². The maximum atomic E-state index is 13.1. The van der Waals surface area contributed by atoms with E-state index < -0.39 is 6.04 Å². The molecule has 30 heavy (non-hydrogen) atoms. The van der Waals surface area contributed by atoms with Crippen molar-refractivity contribution in [2.24, 2.45) is 0 Å². The molecular weight excluding hydrogens is 376 g/mol. The Bertz CT molecular complexity index is 1030. The molecule has 0 heterocycles. The van der Waals surface area contributed by atoms with Crippen molar-refractivity contribution in [1.82, 2.24) is 10.2 Å². The zero-order valence-electron chi connectivity index (χ0n) is 17.7. The number of fused-ring (bicyclic) bond motifs is 1. The summed E-state index contributed by atoms with van der Waals surface area (Å²) in [5, 5.41) is 4.81. The molecule has 0 saturated carbocycles. The van der Waals surface area contributed by atoms with Crippen LogP contribution in [0.1, 0.15) is 25.0 Å². The molecule has 5 nitrogen and oxygen atoms in total. The predicted octanol–water partition coefficient (Wildman–Crippen LogP) is 4.08. The second-order valence-corrected chi connectivity index (χ2v) is 7.28. The van der Waals surface area contributed by atoms with Gasteiger partial charge in [0.1, 0.15) is 11.8 Å². The van der Waals surface area contributed by atoms with Crippen molar-refractivity contribution in [3.05, 3.63) is 77.9 Å². The van der Waals surface area contributed by atoms with Crippen LogP contribution in [0.25, 0.3) is 10.8 Å². The molecule has 0 aromatic heterocycles.